The highest BCUT2D eigenvalue weighted by atomic mass is 16.5. The molecule has 7 heteroatoms. The van der Waals surface area contributed by atoms with E-state index in [1.165, 1.54) is 19.3 Å². The number of aliphatic carboxylic acids is 1. The molecule has 0 aliphatic rings. The molecule has 1 heterocycles. The number of hydrogen-bond donors (Lipinski definition) is 1. The third kappa shape index (κ3) is 3.07. The molecular formula is C10H10N2O5. The Morgan fingerprint density at radius 3 is 2.59 bits per heavy atom. The topological polar surface area (TPSA) is 106 Å². The van der Waals surface area contributed by atoms with Crippen LogP contribution in [0.3, 0.4) is 0 Å². The van der Waals surface area contributed by atoms with Crippen LogP contribution in [-0.2, 0) is 14.3 Å². The van der Waals surface area contributed by atoms with Gasteiger partial charge in [0, 0.05) is 12.4 Å². The lowest BCUT2D eigenvalue weighted by Gasteiger charge is -2.09. The lowest BCUT2D eigenvalue weighted by Crippen LogP contribution is -2.33. The Bertz CT molecular complexity index is 432. The van der Waals surface area contributed by atoms with E-state index in [0.717, 1.165) is 6.20 Å². The van der Waals surface area contributed by atoms with Crippen molar-refractivity contribution in [1.29, 1.82) is 0 Å². The van der Waals surface area contributed by atoms with Crippen molar-refractivity contribution in [3.05, 3.63) is 24.3 Å². The zero-order valence-corrected chi connectivity index (χ0v) is 8.99. The van der Waals surface area contributed by atoms with Gasteiger partial charge in [0.05, 0.1) is 12.8 Å². The average molecular weight is 238 g/mol. The summed E-state index contributed by atoms with van der Waals surface area (Å²) in [6, 6.07) is 0. The third-order valence-electron chi connectivity index (χ3n) is 1.85. The molecule has 0 aliphatic heterocycles. The average Bonchev–Trinajstić information content (AvgIpc) is 2.30. The van der Waals surface area contributed by atoms with Gasteiger partial charge in [-0.05, 0) is 6.92 Å². The van der Waals surface area contributed by atoms with Crippen LogP contribution < -0.4 is 0 Å². The van der Waals surface area contributed by atoms with E-state index in [-0.39, 0.29) is 12.3 Å². The van der Waals surface area contributed by atoms with E-state index in [0.29, 0.717) is 0 Å². The molecule has 1 atom stereocenters. The van der Waals surface area contributed by atoms with Crippen LogP contribution in [0.25, 0.3) is 0 Å². The van der Waals surface area contributed by atoms with Crippen molar-refractivity contribution in [2.24, 2.45) is 5.92 Å². The molecule has 0 saturated heterocycles. The van der Waals surface area contributed by atoms with E-state index >= 15 is 0 Å². The molecular weight excluding hydrogens is 228 g/mol. The lowest BCUT2D eigenvalue weighted by atomic mass is 10.0. The maximum absolute atomic E-state index is 11.7. The van der Waals surface area contributed by atoms with Crippen LogP contribution in [-0.4, -0.2) is 39.4 Å². The SMILES string of the molecule is CCOC(=O)C(C(=O)O)C(=O)c1cnccn1. The highest BCUT2D eigenvalue weighted by Gasteiger charge is 2.36. The fourth-order valence-corrected chi connectivity index (χ4v) is 1.12. The minimum Gasteiger partial charge on any atom is -0.480 e. The molecule has 0 aliphatic carbocycles. The quantitative estimate of drug-likeness (QED) is 0.434. The minimum atomic E-state index is -1.90. The number of rotatable bonds is 5. The third-order valence-corrected chi connectivity index (χ3v) is 1.85. The van der Waals surface area contributed by atoms with Gasteiger partial charge in [-0.3, -0.25) is 19.4 Å². The molecule has 1 aromatic rings. The second-order valence-corrected chi connectivity index (χ2v) is 2.98. The van der Waals surface area contributed by atoms with E-state index in [4.69, 9.17) is 5.11 Å². The number of carboxylic acids is 1. The Morgan fingerprint density at radius 1 is 1.41 bits per heavy atom. The maximum Gasteiger partial charge on any atom is 0.328 e. The summed E-state index contributed by atoms with van der Waals surface area (Å²) in [5, 5.41) is 8.83. The van der Waals surface area contributed by atoms with Gasteiger partial charge in [-0.15, -0.1) is 0 Å². The van der Waals surface area contributed by atoms with Gasteiger partial charge in [-0.2, -0.15) is 0 Å². The number of hydrogen-bond acceptors (Lipinski definition) is 6. The van der Waals surface area contributed by atoms with Crippen LogP contribution in [0.4, 0.5) is 0 Å². The van der Waals surface area contributed by atoms with Crippen molar-refractivity contribution in [3.63, 3.8) is 0 Å². The lowest BCUT2D eigenvalue weighted by molar-refractivity contribution is -0.155. The van der Waals surface area contributed by atoms with Crippen molar-refractivity contribution >= 4 is 17.7 Å². The van der Waals surface area contributed by atoms with Crippen molar-refractivity contribution in [3.8, 4) is 0 Å². The van der Waals surface area contributed by atoms with Gasteiger partial charge in [0.15, 0.2) is 0 Å². The van der Waals surface area contributed by atoms with Crippen molar-refractivity contribution < 1.29 is 24.2 Å². The number of aromatic nitrogens is 2. The monoisotopic (exact) mass is 238 g/mol. The Morgan fingerprint density at radius 2 is 2.12 bits per heavy atom. The van der Waals surface area contributed by atoms with Gasteiger partial charge < -0.3 is 9.84 Å². The number of nitrogens with zero attached hydrogens (tertiary/aromatic N) is 2. The summed E-state index contributed by atoms with van der Waals surface area (Å²) in [6.45, 7) is 1.51. The number of ether oxygens (including phenoxy) is 1. The summed E-state index contributed by atoms with van der Waals surface area (Å²) in [7, 11) is 0. The summed E-state index contributed by atoms with van der Waals surface area (Å²) in [6.07, 6.45) is 3.66. The van der Waals surface area contributed by atoms with Gasteiger partial charge in [0.1, 0.15) is 5.69 Å². The normalized spacial score (nSPS) is 11.6. The van der Waals surface area contributed by atoms with Gasteiger partial charge in [0.2, 0.25) is 11.7 Å². The predicted octanol–water partition coefficient (Wildman–Crippen LogP) is -0.0768. The minimum absolute atomic E-state index is 0.00361. The van der Waals surface area contributed by atoms with Crippen LogP contribution in [0.1, 0.15) is 17.4 Å². The van der Waals surface area contributed by atoms with E-state index in [1.807, 2.05) is 0 Å². The predicted molar refractivity (Wildman–Crippen MR) is 54.1 cm³/mol. The zero-order valence-electron chi connectivity index (χ0n) is 8.99. The fraction of sp³-hybridized carbons (Fsp3) is 0.300. The van der Waals surface area contributed by atoms with E-state index in [9.17, 15) is 14.4 Å². The Hall–Kier alpha value is -2.31. The van der Waals surface area contributed by atoms with Crippen LogP contribution >= 0.6 is 0 Å². The molecule has 0 bridgehead atoms. The molecule has 1 aromatic heterocycles. The standard InChI is InChI=1S/C10H10N2O5/c1-2-17-10(16)7(9(14)15)8(13)6-5-11-3-4-12-6/h3-5,7H,2H2,1H3,(H,14,15). The summed E-state index contributed by atoms with van der Waals surface area (Å²) in [5.74, 6) is -5.51. The largest absolute Gasteiger partial charge is 0.480 e. The van der Waals surface area contributed by atoms with E-state index < -0.39 is 23.6 Å². The highest BCUT2D eigenvalue weighted by molar-refractivity contribution is 6.19. The first-order valence-corrected chi connectivity index (χ1v) is 4.77. The molecule has 0 saturated carbocycles. The Kier molecular flexibility index (Phi) is 4.27. The molecule has 90 valence electrons. The fourth-order valence-electron chi connectivity index (χ4n) is 1.12. The second kappa shape index (κ2) is 5.69. The molecule has 0 spiro atoms. The number of carbonyl (C=O) groups is 3. The summed E-state index contributed by atoms with van der Waals surface area (Å²) < 4.78 is 4.52. The van der Waals surface area contributed by atoms with E-state index in [2.05, 4.69) is 14.7 Å². The first-order valence-electron chi connectivity index (χ1n) is 4.77. The second-order valence-electron chi connectivity index (χ2n) is 2.98. The summed E-state index contributed by atoms with van der Waals surface area (Å²) >= 11 is 0. The molecule has 1 rings (SSSR count). The Labute approximate surface area is 96.5 Å². The number of esters is 1. The zero-order chi connectivity index (χ0) is 12.8. The smallest absolute Gasteiger partial charge is 0.328 e. The van der Waals surface area contributed by atoms with Crippen molar-refractivity contribution in [2.75, 3.05) is 6.61 Å². The molecule has 7 nitrogen and oxygen atoms in total. The van der Waals surface area contributed by atoms with Crippen molar-refractivity contribution in [1.82, 2.24) is 9.97 Å². The highest BCUT2D eigenvalue weighted by Crippen LogP contribution is 2.08. The Balaban J connectivity index is 2.97. The van der Waals surface area contributed by atoms with Gasteiger partial charge in [-0.1, -0.05) is 0 Å². The molecule has 0 radical (unpaired) electrons. The summed E-state index contributed by atoms with van der Waals surface area (Å²) in [4.78, 5) is 41.2. The first kappa shape index (κ1) is 12.8. The number of carbonyl (C=O) groups excluding carboxylic acids is 2. The molecule has 0 amide bonds. The number of Topliss-reactive ketones (excluding diaryl/α,β-unsaturated/α-hetero) is 1. The molecule has 0 aromatic carbocycles. The van der Waals surface area contributed by atoms with Gasteiger partial charge >= 0.3 is 11.9 Å². The maximum atomic E-state index is 11.7. The molecule has 1 unspecified atom stereocenters. The molecule has 17 heavy (non-hydrogen) atoms. The van der Waals surface area contributed by atoms with Crippen LogP contribution in [0.15, 0.2) is 18.6 Å². The van der Waals surface area contributed by atoms with E-state index in [1.54, 1.807) is 0 Å². The van der Waals surface area contributed by atoms with Crippen LogP contribution in [0, 0.1) is 5.92 Å². The van der Waals surface area contributed by atoms with Crippen LogP contribution in [0.5, 0.6) is 0 Å². The number of carboxylic acid groups (broad SMARTS) is 1. The van der Waals surface area contributed by atoms with Crippen molar-refractivity contribution in [2.45, 2.75) is 6.92 Å². The van der Waals surface area contributed by atoms with Gasteiger partial charge in [0.25, 0.3) is 0 Å². The summed E-state index contributed by atoms with van der Waals surface area (Å²) in [5.41, 5.74) is -0.187. The number of ketones is 1. The molecule has 0 fully saturated rings. The first-order chi connectivity index (χ1) is 8.07. The van der Waals surface area contributed by atoms with Crippen LogP contribution in [0.2, 0.25) is 0 Å². The molecule has 1 N–H and O–H groups in total. The van der Waals surface area contributed by atoms with Gasteiger partial charge in [-0.25, -0.2) is 4.98 Å².